The molecule has 0 fully saturated rings. The molecule has 0 aromatic rings. The van der Waals surface area contributed by atoms with Crippen molar-refractivity contribution in [2.24, 2.45) is 0 Å². The second-order valence-electron chi connectivity index (χ2n) is 10.2. The van der Waals surface area contributed by atoms with E-state index in [1.54, 1.807) is 0 Å². The van der Waals surface area contributed by atoms with E-state index in [1.807, 2.05) is 0 Å². The van der Waals surface area contributed by atoms with Gasteiger partial charge in [0.1, 0.15) is 0 Å². The van der Waals surface area contributed by atoms with Crippen molar-refractivity contribution in [3.8, 4) is 0 Å². The molecular weight excluding hydrogens is 406 g/mol. The molecule has 3 heteroatoms. The Kier molecular flexibility index (Phi) is 29.0. The number of ether oxygens (including phenoxy) is 1. The zero-order chi connectivity index (χ0) is 24.1. The van der Waals surface area contributed by atoms with Gasteiger partial charge >= 0.3 is 5.97 Å². The van der Waals surface area contributed by atoms with E-state index in [2.05, 4.69) is 17.0 Å². The highest BCUT2D eigenvalue weighted by atomic mass is 16.5. The van der Waals surface area contributed by atoms with E-state index in [9.17, 15) is 4.79 Å². The highest BCUT2D eigenvalue weighted by Gasteiger charge is 1.99. The van der Waals surface area contributed by atoms with E-state index < -0.39 is 0 Å². The fraction of sp³-hybridized carbons (Fsp3) is 0.967. The van der Waals surface area contributed by atoms with Gasteiger partial charge < -0.3 is 10.1 Å². The summed E-state index contributed by atoms with van der Waals surface area (Å²) in [7, 11) is 1.47. The molecule has 0 heterocycles. The lowest BCUT2D eigenvalue weighted by molar-refractivity contribution is -0.140. The molecule has 0 aromatic carbocycles. The summed E-state index contributed by atoms with van der Waals surface area (Å²) in [6.45, 7) is 4.70. The number of hydrogen-bond donors (Lipinski definition) is 1. The molecule has 0 radical (unpaired) electrons. The second kappa shape index (κ2) is 29.5. The summed E-state index contributed by atoms with van der Waals surface area (Å²) >= 11 is 0. The first-order valence-corrected chi connectivity index (χ1v) is 15.1. The number of unbranched alkanes of at least 4 members (excludes halogenated alkanes) is 22. The highest BCUT2D eigenvalue weighted by Crippen LogP contribution is 2.14. The van der Waals surface area contributed by atoms with E-state index in [0.717, 1.165) is 12.8 Å². The fourth-order valence-electron chi connectivity index (χ4n) is 4.61. The molecule has 33 heavy (non-hydrogen) atoms. The van der Waals surface area contributed by atoms with Crippen molar-refractivity contribution in [3.63, 3.8) is 0 Å². The van der Waals surface area contributed by atoms with Crippen LogP contribution < -0.4 is 5.32 Å². The summed E-state index contributed by atoms with van der Waals surface area (Å²) in [6, 6.07) is 0. The van der Waals surface area contributed by atoms with Crippen LogP contribution in [0.2, 0.25) is 0 Å². The predicted octanol–water partition coefficient (Wildman–Crippen LogP) is 9.52. The molecule has 0 unspecified atom stereocenters. The predicted molar refractivity (Wildman–Crippen MR) is 146 cm³/mol. The van der Waals surface area contributed by atoms with Gasteiger partial charge in [-0.1, -0.05) is 142 Å². The molecule has 0 spiro atoms. The van der Waals surface area contributed by atoms with Gasteiger partial charge in [-0.05, 0) is 32.4 Å². The first-order chi connectivity index (χ1) is 16.3. The molecule has 0 aromatic heterocycles. The number of carbonyl (C=O) groups is 1. The zero-order valence-corrected chi connectivity index (χ0v) is 22.9. The van der Waals surface area contributed by atoms with Gasteiger partial charge in [0.15, 0.2) is 0 Å². The normalized spacial score (nSPS) is 11.2. The van der Waals surface area contributed by atoms with Gasteiger partial charge in [-0.3, -0.25) is 4.79 Å². The molecule has 198 valence electrons. The average Bonchev–Trinajstić information content (AvgIpc) is 2.83. The minimum atomic E-state index is -0.0675. The van der Waals surface area contributed by atoms with E-state index in [1.165, 1.54) is 161 Å². The standard InChI is InChI=1S/C30H61NO2/c1-3-4-5-6-7-8-9-10-11-12-13-14-16-19-22-25-28-31-29-26-23-20-17-15-18-21-24-27-30(32)33-2/h31H,3-29H2,1-2H3. The highest BCUT2D eigenvalue weighted by molar-refractivity contribution is 5.68. The van der Waals surface area contributed by atoms with Crippen molar-refractivity contribution < 1.29 is 9.53 Å². The largest absolute Gasteiger partial charge is 0.469 e. The minimum Gasteiger partial charge on any atom is -0.469 e. The van der Waals surface area contributed by atoms with Gasteiger partial charge in [0.25, 0.3) is 0 Å². The van der Waals surface area contributed by atoms with E-state index in [0.29, 0.717) is 6.42 Å². The van der Waals surface area contributed by atoms with Crippen LogP contribution in [0, 0.1) is 0 Å². The molecular formula is C30H61NO2. The lowest BCUT2D eigenvalue weighted by Gasteiger charge is -2.06. The molecule has 0 bridgehead atoms. The van der Waals surface area contributed by atoms with Crippen LogP contribution in [0.3, 0.4) is 0 Å². The molecule has 0 saturated heterocycles. The van der Waals surface area contributed by atoms with Crippen LogP contribution in [0.25, 0.3) is 0 Å². The van der Waals surface area contributed by atoms with E-state index in [-0.39, 0.29) is 5.97 Å². The number of nitrogens with one attached hydrogen (secondary N) is 1. The number of rotatable bonds is 28. The first kappa shape index (κ1) is 32.4. The van der Waals surface area contributed by atoms with Crippen LogP contribution in [-0.4, -0.2) is 26.2 Å². The molecule has 0 rings (SSSR count). The lowest BCUT2D eigenvalue weighted by Crippen LogP contribution is -2.16. The van der Waals surface area contributed by atoms with Gasteiger partial charge in [-0.2, -0.15) is 0 Å². The van der Waals surface area contributed by atoms with Gasteiger partial charge in [0.2, 0.25) is 0 Å². The van der Waals surface area contributed by atoms with Crippen LogP contribution >= 0.6 is 0 Å². The maximum atomic E-state index is 11.0. The van der Waals surface area contributed by atoms with Crippen molar-refractivity contribution >= 4 is 5.97 Å². The third kappa shape index (κ3) is 29.4. The second-order valence-corrected chi connectivity index (χ2v) is 10.2. The van der Waals surface area contributed by atoms with Crippen LogP contribution in [0.4, 0.5) is 0 Å². The lowest BCUT2D eigenvalue weighted by atomic mass is 10.0. The van der Waals surface area contributed by atoms with Crippen LogP contribution in [0.1, 0.15) is 167 Å². The number of esters is 1. The molecule has 0 aliphatic carbocycles. The number of methoxy groups -OCH3 is 1. The van der Waals surface area contributed by atoms with Crippen LogP contribution in [-0.2, 0) is 9.53 Å². The number of carbonyl (C=O) groups excluding carboxylic acids is 1. The SMILES string of the molecule is CCCCCCCCCCCCCCCCCCNCCCCCCCCCCC(=O)OC. The van der Waals surface area contributed by atoms with Crippen molar-refractivity contribution in [2.75, 3.05) is 20.2 Å². The monoisotopic (exact) mass is 467 g/mol. The summed E-state index contributed by atoms with van der Waals surface area (Å²) in [5.74, 6) is -0.0675. The van der Waals surface area contributed by atoms with Crippen LogP contribution in [0.5, 0.6) is 0 Å². The van der Waals surface area contributed by atoms with Crippen molar-refractivity contribution in [1.29, 1.82) is 0 Å². The van der Waals surface area contributed by atoms with Crippen LogP contribution in [0.15, 0.2) is 0 Å². The summed E-state index contributed by atoms with van der Waals surface area (Å²) in [6.07, 6.45) is 33.8. The Morgan fingerprint density at radius 2 is 0.788 bits per heavy atom. The average molecular weight is 468 g/mol. The Hall–Kier alpha value is -0.570. The molecule has 0 saturated carbocycles. The Balaban J connectivity index is 3.02. The van der Waals surface area contributed by atoms with Gasteiger partial charge in [-0.25, -0.2) is 0 Å². The quantitative estimate of drug-likeness (QED) is 0.0919. The zero-order valence-electron chi connectivity index (χ0n) is 22.9. The van der Waals surface area contributed by atoms with Gasteiger partial charge in [0, 0.05) is 6.42 Å². The molecule has 3 nitrogen and oxygen atoms in total. The molecule has 0 amide bonds. The van der Waals surface area contributed by atoms with Crippen molar-refractivity contribution in [2.45, 2.75) is 167 Å². The Labute approximate surface area is 208 Å². The number of hydrogen-bond acceptors (Lipinski definition) is 3. The van der Waals surface area contributed by atoms with E-state index in [4.69, 9.17) is 0 Å². The summed E-state index contributed by atoms with van der Waals surface area (Å²) in [5.41, 5.74) is 0. The van der Waals surface area contributed by atoms with Gasteiger partial charge in [-0.15, -0.1) is 0 Å². The topological polar surface area (TPSA) is 38.3 Å². The smallest absolute Gasteiger partial charge is 0.305 e. The van der Waals surface area contributed by atoms with Gasteiger partial charge in [0.05, 0.1) is 7.11 Å². The molecule has 0 aliphatic heterocycles. The fourth-order valence-corrected chi connectivity index (χ4v) is 4.61. The third-order valence-corrected chi connectivity index (χ3v) is 6.92. The summed E-state index contributed by atoms with van der Waals surface area (Å²) in [4.78, 5) is 11.0. The summed E-state index contributed by atoms with van der Waals surface area (Å²) < 4.78 is 4.66. The van der Waals surface area contributed by atoms with Crippen molar-refractivity contribution in [3.05, 3.63) is 0 Å². The molecule has 0 aliphatic rings. The Morgan fingerprint density at radius 1 is 0.485 bits per heavy atom. The van der Waals surface area contributed by atoms with E-state index >= 15 is 0 Å². The maximum Gasteiger partial charge on any atom is 0.305 e. The molecule has 0 atom stereocenters. The minimum absolute atomic E-state index is 0.0675. The Morgan fingerprint density at radius 3 is 1.12 bits per heavy atom. The first-order valence-electron chi connectivity index (χ1n) is 15.1. The Bertz CT molecular complexity index is 372. The summed E-state index contributed by atoms with van der Waals surface area (Å²) in [5, 5.41) is 3.63. The molecule has 1 N–H and O–H groups in total. The van der Waals surface area contributed by atoms with Crippen molar-refractivity contribution in [1.82, 2.24) is 5.32 Å². The third-order valence-electron chi connectivity index (χ3n) is 6.92. The maximum absolute atomic E-state index is 11.0.